The number of aryl methyl sites for hydroxylation is 1. The molecule has 1 saturated heterocycles. The van der Waals surface area contributed by atoms with Gasteiger partial charge in [-0.2, -0.15) is 9.97 Å². The fourth-order valence-electron chi connectivity index (χ4n) is 4.48. The monoisotopic (exact) mass is 447 g/mol. The molecule has 1 N–H and O–H groups in total. The number of rotatable bonds is 6. The third kappa shape index (κ3) is 3.82. The van der Waals surface area contributed by atoms with Gasteiger partial charge >= 0.3 is 0 Å². The highest BCUT2D eigenvalue weighted by Gasteiger charge is 2.25. The van der Waals surface area contributed by atoms with Crippen molar-refractivity contribution in [3.8, 4) is 23.0 Å². The van der Waals surface area contributed by atoms with Crippen LogP contribution >= 0.6 is 0 Å². The van der Waals surface area contributed by atoms with Gasteiger partial charge in [-0.25, -0.2) is 9.67 Å². The number of aliphatic hydroxyl groups excluding tert-OH is 1. The Balaban J connectivity index is 1.71. The second-order valence-electron chi connectivity index (χ2n) is 8.32. The van der Waals surface area contributed by atoms with Crippen LogP contribution in [0.4, 0.5) is 5.82 Å². The summed E-state index contributed by atoms with van der Waals surface area (Å²) in [5.74, 6) is 2.35. The van der Waals surface area contributed by atoms with Crippen LogP contribution in [0.3, 0.4) is 0 Å². The van der Waals surface area contributed by atoms with Gasteiger partial charge in [-0.3, -0.25) is 0 Å². The van der Waals surface area contributed by atoms with E-state index in [1.807, 2.05) is 48.0 Å². The number of fused-ring (bicyclic) bond motifs is 1. The third-order valence-corrected chi connectivity index (χ3v) is 6.10. The molecule has 172 valence electrons. The molecule has 0 radical (unpaired) electrons. The van der Waals surface area contributed by atoms with Gasteiger partial charge in [-0.15, -0.1) is 5.10 Å². The Morgan fingerprint density at radius 3 is 2.48 bits per heavy atom. The molecule has 9 nitrogen and oxygen atoms in total. The molecule has 1 fully saturated rings. The summed E-state index contributed by atoms with van der Waals surface area (Å²) in [6.07, 6.45) is 4.65. The Morgan fingerprint density at radius 2 is 1.82 bits per heavy atom. The fourth-order valence-corrected chi connectivity index (χ4v) is 4.48. The van der Waals surface area contributed by atoms with Crippen LogP contribution in [0.5, 0.6) is 5.88 Å². The Labute approximate surface area is 192 Å². The van der Waals surface area contributed by atoms with Crippen molar-refractivity contribution in [3.05, 3.63) is 42.4 Å². The molecule has 0 aliphatic carbocycles. The number of aliphatic hydroxyl groups is 1. The molecule has 1 aliphatic rings. The number of anilines is 1. The Morgan fingerprint density at radius 1 is 1.06 bits per heavy atom. The van der Waals surface area contributed by atoms with Crippen molar-refractivity contribution in [1.82, 2.24) is 29.3 Å². The van der Waals surface area contributed by atoms with Gasteiger partial charge in [0.1, 0.15) is 11.9 Å². The number of hydrogen-bond acceptors (Lipinski definition) is 7. The minimum atomic E-state index is -0.703. The van der Waals surface area contributed by atoms with Crippen molar-refractivity contribution in [2.75, 3.05) is 25.1 Å². The third-order valence-electron chi connectivity index (χ3n) is 6.10. The quantitative estimate of drug-likeness (QED) is 0.481. The SMILES string of the molecule is CCn1c(C(C)O)nc2c(N3CCCCC3)nc(-n3cc(-c4ccccc4)c(OC)n3)nc21. The summed E-state index contributed by atoms with van der Waals surface area (Å²) in [6.45, 7) is 6.25. The number of methoxy groups -OCH3 is 1. The Kier molecular flexibility index (Phi) is 5.72. The molecule has 1 unspecified atom stereocenters. The number of hydrogen-bond donors (Lipinski definition) is 1. The van der Waals surface area contributed by atoms with Gasteiger partial charge in [0.25, 0.3) is 5.95 Å². The minimum absolute atomic E-state index is 0.454. The summed E-state index contributed by atoms with van der Waals surface area (Å²) in [5, 5.41) is 15.0. The highest BCUT2D eigenvalue weighted by molar-refractivity contribution is 5.85. The van der Waals surface area contributed by atoms with Crippen LogP contribution in [0.1, 0.15) is 45.0 Å². The Hall–Kier alpha value is -3.46. The predicted molar refractivity (Wildman–Crippen MR) is 127 cm³/mol. The molecule has 1 atom stereocenters. The van der Waals surface area contributed by atoms with Gasteiger partial charge in [0.15, 0.2) is 17.0 Å². The fraction of sp³-hybridized carbons (Fsp3) is 0.417. The van der Waals surface area contributed by atoms with Gasteiger partial charge < -0.3 is 19.3 Å². The molecule has 0 saturated carbocycles. The number of piperidine rings is 1. The highest BCUT2D eigenvalue weighted by Crippen LogP contribution is 2.32. The van der Waals surface area contributed by atoms with Crippen molar-refractivity contribution in [3.63, 3.8) is 0 Å². The highest BCUT2D eigenvalue weighted by atomic mass is 16.5. The average Bonchev–Trinajstić information content (AvgIpc) is 3.46. The van der Waals surface area contributed by atoms with Gasteiger partial charge in [-0.1, -0.05) is 30.3 Å². The van der Waals surface area contributed by atoms with Gasteiger partial charge in [0.2, 0.25) is 5.88 Å². The van der Waals surface area contributed by atoms with E-state index in [9.17, 15) is 5.11 Å². The maximum Gasteiger partial charge on any atom is 0.254 e. The molecular weight excluding hydrogens is 418 g/mol. The smallest absolute Gasteiger partial charge is 0.254 e. The van der Waals surface area contributed by atoms with E-state index < -0.39 is 6.10 Å². The molecule has 0 bridgehead atoms. The second-order valence-corrected chi connectivity index (χ2v) is 8.32. The van der Waals surface area contributed by atoms with Crippen molar-refractivity contribution in [1.29, 1.82) is 0 Å². The second kappa shape index (κ2) is 8.82. The summed E-state index contributed by atoms with van der Waals surface area (Å²) < 4.78 is 9.19. The molecule has 9 heteroatoms. The molecule has 33 heavy (non-hydrogen) atoms. The first-order valence-electron chi connectivity index (χ1n) is 11.5. The first-order chi connectivity index (χ1) is 16.1. The van der Waals surface area contributed by atoms with Crippen molar-refractivity contribution >= 4 is 17.0 Å². The van der Waals surface area contributed by atoms with E-state index in [2.05, 4.69) is 10.00 Å². The van der Waals surface area contributed by atoms with E-state index in [1.165, 1.54) is 6.42 Å². The minimum Gasteiger partial charge on any atom is -0.479 e. The first-order valence-corrected chi connectivity index (χ1v) is 11.5. The van der Waals surface area contributed by atoms with Crippen LogP contribution in [0.25, 0.3) is 28.2 Å². The zero-order valence-electron chi connectivity index (χ0n) is 19.3. The summed E-state index contributed by atoms with van der Waals surface area (Å²) in [6, 6.07) is 10.00. The van der Waals surface area contributed by atoms with E-state index >= 15 is 0 Å². The molecule has 0 amide bonds. The van der Waals surface area contributed by atoms with Crippen molar-refractivity contribution in [2.24, 2.45) is 0 Å². The lowest BCUT2D eigenvalue weighted by molar-refractivity contribution is 0.184. The normalized spacial score (nSPS) is 15.2. The zero-order valence-corrected chi connectivity index (χ0v) is 19.3. The number of imidazole rings is 1. The lowest BCUT2D eigenvalue weighted by atomic mass is 10.1. The number of nitrogens with zero attached hydrogens (tertiary/aromatic N) is 7. The number of aromatic nitrogens is 6. The van der Waals surface area contributed by atoms with E-state index in [-0.39, 0.29) is 0 Å². The largest absolute Gasteiger partial charge is 0.479 e. The molecule has 1 aliphatic heterocycles. The molecule has 3 aromatic heterocycles. The first kappa shape index (κ1) is 21.4. The Bertz CT molecular complexity index is 1260. The maximum absolute atomic E-state index is 10.3. The van der Waals surface area contributed by atoms with Gasteiger partial charge in [0.05, 0.1) is 12.7 Å². The summed E-state index contributed by atoms with van der Waals surface area (Å²) >= 11 is 0. The topological polar surface area (TPSA) is 94.1 Å². The molecule has 1 aromatic carbocycles. The van der Waals surface area contributed by atoms with E-state index in [0.717, 1.165) is 48.4 Å². The summed E-state index contributed by atoms with van der Waals surface area (Å²) in [5.41, 5.74) is 3.30. The van der Waals surface area contributed by atoms with Crippen LogP contribution in [0.15, 0.2) is 36.5 Å². The van der Waals surface area contributed by atoms with Crippen molar-refractivity contribution in [2.45, 2.75) is 45.8 Å². The summed E-state index contributed by atoms with van der Waals surface area (Å²) in [7, 11) is 1.61. The van der Waals surface area contributed by atoms with Crippen molar-refractivity contribution < 1.29 is 9.84 Å². The predicted octanol–water partition coefficient (Wildman–Crippen LogP) is 3.75. The van der Waals surface area contributed by atoms with Crippen LogP contribution in [0.2, 0.25) is 0 Å². The lowest BCUT2D eigenvalue weighted by Gasteiger charge is -2.27. The molecule has 4 heterocycles. The molecule has 4 aromatic rings. The average molecular weight is 448 g/mol. The van der Waals surface area contributed by atoms with E-state index in [1.54, 1.807) is 18.7 Å². The standard InChI is InChI=1S/C24H29N7O2/c1-4-30-20(16(2)32)25-19-21(29-13-9-6-10-14-29)26-24(27-22(19)30)31-15-18(23(28-31)33-3)17-11-7-5-8-12-17/h5,7-8,11-12,15-16,32H,4,6,9-10,13-14H2,1-3H3. The molecule has 0 spiro atoms. The van der Waals surface area contributed by atoms with E-state index in [4.69, 9.17) is 19.7 Å². The summed E-state index contributed by atoms with van der Waals surface area (Å²) in [4.78, 5) is 16.8. The van der Waals surface area contributed by atoms with Gasteiger partial charge in [0, 0.05) is 25.8 Å². The van der Waals surface area contributed by atoms with Crippen LogP contribution in [-0.4, -0.2) is 54.6 Å². The van der Waals surface area contributed by atoms with Crippen LogP contribution in [-0.2, 0) is 6.54 Å². The van der Waals surface area contributed by atoms with Crippen LogP contribution < -0.4 is 9.64 Å². The molecule has 5 rings (SSSR count). The molecular formula is C24H29N7O2. The van der Waals surface area contributed by atoms with E-state index in [0.29, 0.717) is 29.8 Å². The number of benzene rings is 1. The maximum atomic E-state index is 10.3. The lowest BCUT2D eigenvalue weighted by Crippen LogP contribution is -2.31. The van der Waals surface area contributed by atoms with Gasteiger partial charge in [-0.05, 0) is 38.7 Å². The van der Waals surface area contributed by atoms with Crippen LogP contribution in [0, 0.1) is 0 Å². The number of ether oxygens (including phenoxy) is 1. The zero-order chi connectivity index (χ0) is 22.9.